The highest BCUT2D eigenvalue weighted by atomic mass is 32.1. The summed E-state index contributed by atoms with van der Waals surface area (Å²) in [6.07, 6.45) is 6.30. The number of benzene rings is 1. The van der Waals surface area contributed by atoms with Gasteiger partial charge in [0.05, 0.1) is 5.69 Å². The summed E-state index contributed by atoms with van der Waals surface area (Å²) in [6, 6.07) is 6.62. The average molecular weight is 384 g/mol. The maximum Gasteiger partial charge on any atom is 0.229 e. The molecule has 27 heavy (non-hydrogen) atoms. The van der Waals surface area contributed by atoms with E-state index in [-0.39, 0.29) is 17.7 Å². The second-order valence-electron chi connectivity index (χ2n) is 7.50. The van der Waals surface area contributed by atoms with Crippen LogP contribution in [0, 0.1) is 5.92 Å². The summed E-state index contributed by atoms with van der Waals surface area (Å²) in [7, 11) is 0. The number of amides is 2. The summed E-state index contributed by atoms with van der Waals surface area (Å²) in [5, 5.41) is 5.64. The van der Waals surface area contributed by atoms with Crippen molar-refractivity contribution in [3.63, 3.8) is 0 Å². The molecule has 0 unspecified atom stereocenters. The van der Waals surface area contributed by atoms with Crippen LogP contribution in [0.4, 0.5) is 5.13 Å². The average Bonchev–Trinajstić information content (AvgIpc) is 3.16. The highest BCUT2D eigenvalue weighted by Gasteiger charge is 2.26. The number of carbonyl (C=O) groups excluding carboxylic acids is 2. The van der Waals surface area contributed by atoms with Crippen LogP contribution in [0.15, 0.2) is 23.6 Å². The molecule has 2 amide bonds. The molecule has 6 heteroatoms. The third kappa shape index (κ3) is 4.05. The van der Waals surface area contributed by atoms with Crippen LogP contribution in [0.3, 0.4) is 0 Å². The van der Waals surface area contributed by atoms with E-state index >= 15 is 0 Å². The van der Waals surface area contributed by atoms with E-state index < -0.39 is 0 Å². The van der Waals surface area contributed by atoms with Gasteiger partial charge in [0.1, 0.15) is 0 Å². The van der Waals surface area contributed by atoms with Gasteiger partial charge >= 0.3 is 0 Å². The van der Waals surface area contributed by atoms with Crippen molar-refractivity contribution in [1.29, 1.82) is 0 Å². The summed E-state index contributed by atoms with van der Waals surface area (Å²) in [6.45, 7) is 2.90. The molecule has 5 nitrogen and oxygen atoms in total. The van der Waals surface area contributed by atoms with E-state index in [1.807, 2.05) is 5.38 Å². The van der Waals surface area contributed by atoms with Crippen LogP contribution in [-0.2, 0) is 22.4 Å². The Hall–Kier alpha value is -2.21. The molecule has 0 bridgehead atoms. The molecule has 2 aliphatic rings. The van der Waals surface area contributed by atoms with Crippen LogP contribution >= 0.6 is 11.3 Å². The molecule has 142 valence electrons. The fourth-order valence-electron chi connectivity index (χ4n) is 4.02. The molecule has 1 saturated heterocycles. The zero-order valence-electron chi connectivity index (χ0n) is 15.7. The van der Waals surface area contributed by atoms with Crippen molar-refractivity contribution in [3.8, 4) is 11.3 Å². The SMILES string of the molecule is CC(=O)N1CCC(C(=O)Nc2nc(-c3ccc4c(c3)CCCC4)cs2)CC1. The number of nitrogens with one attached hydrogen (secondary N) is 1. The number of rotatable bonds is 3. The predicted molar refractivity (Wildman–Crippen MR) is 108 cm³/mol. The van der Waals surface area contributed by atoms with E-state index in [0.717, 1.165) is 17.7 Å². The Bertz CT molecular complexity index is 853. The maximum atomic E-state index is 12.5. The molecular weight excluding hydrogens is 358 g/mol. The summed E-state index contributed by atoms with van der Waals surface area (Å²) >= 11 is 1.47. The number of piperidine rings is 1. The quantitative estimate of drug-likeness (QED) is 0.875. The van der Waals surface area contributed by atoms with Gasteiger partial charge in [-0.05, 0) is 55.7 Å². The van der Waals surface area contributed by atoms with E-state index in [2.05, 4.69) is 28.5 Å². The summed E-state index contributed by atoms with van der Waals surface area (Å²) in [4.78, 5) is 30.4. The van der Waals surface area contributed by atoms with Gasteiger partial charge in [-0.15, -0.1) is 11.3 Å². The monoisotopic (exact) mass is 383 g/mol. The number of likely N-dealkylation sites (tertiary alicyclic amines) is 1. The minimum atomic E-state index is -0.0447. The molecule has 2 aromatic rings. The van der Waals surface area contributed by atoms with Gasteiger partial charge < -0.3 is 10.2 Å². The lowest BCUT2D eigenvalue weighted by Gasteiger charge is -2.30. The highest BCUT2D eigenvalue weighted by molar-refractivity contribution is 7.14. The van der Waals surface area contributed by atoms with E-state index in [9.17, 15) is 9.59 Å². The topological polar surface area (TPSA) is 62.3 Å². The molecule has 1 aromatic heterocycles. The van der Waals surface area contributed by atoms with E-state index in [1.165, 1.54) is 41.7 Å². The second kappa shape index (κ2) is 7.80. The second-order valence-corrected chi connectivity index (χ2v) is 8.36. The van der Waals surface area contributed by atoms with Crippen molar-refractivity contribution in [2.75, 3.05) is 18.4 Å². The Kier molecular flexibility index (Phi) is 5.25. The first-order valence-corrected chi connectivity index (χ1v) is 10.6. The molecule has 0 spiro atoms. The summed E-state index contributed by atoms with van der Waals surface area (Å²) < 4.78 is 0. The normalized spacial score (nSPS) is 17.4. The Labute approximate surface area is 163 Å². The summed E-state index contributed by atoms with van der Waals surface area (Å²) in [5.74, 6) is 0.0599. The van der Waals surface area contributed by atoms with Gasteiger partial charge in [0.2, 0.25) is 11.8 Å². The highest BCUT2D eigenvalue weighted by Crippen LogP contribution is 2.30. The van der Waals surface area contributed by atoms with Gasteiger partial charge in [0.25, 0.3) is 0 Å². The molecule has 1 aromatic carbocycles. The number of anilines is 1. The molecule has 1 aliphatic heterocycles. The molecule has 2 heterocycles. The van der Waals surface area contributed by atoms with Gasteiger partial charge in [-0.2, -0.15) is 0 Å². The molecule has 1 N–H and O–H groups in total. The van der Waals surface area contributed by atoms with Crippen molar-refractivity contribution in [2.24, 2.45) is 5.92 Å². The van der Waals surface area contributed by atoms with Gasteiger partial charge in [-0.25, -0.2) is 4.98 Å². The summed E-state index contributed by atoms with van der Waals surface area (Å²) in [5.41, 5.74) is 4.96. The molecule has 1 fully saturated rings. The lowest BCUT2D eigenvalue weighted by atomic mass is 9.90. The van der Waals surface area contributed by atoms with Crippen LogP contribution < -0.4 is 5.32 Å². The molecule has 4 rings (SSSR count). The van der Waals surface area contributed by atoms with Gasteiger partial charge in [0, 0.05) is 36.9 Å². The zero-order chi connectivity index (χ0) is 18.8. The largest absolute Gasteiger partial charge is 0.343 e. The van der Waals surface area contributed by atoms with E-state index in [0.29, 0.717) is 31.1 Å². The Morgan fingerprint density at radius 2 is 1.89 bits per heavy atom. The van der Waals surface area contributed by atoms with E-state index in [4.69, 9.17) is 0 Å². The van der Waals surface area contributed by atoms with Crippen LogP contribution in [0.1, 0.15) is 43.7 Å². The lowest BCUT2D eigenvalue weighted by Crippen LogP contribution is -2.40. The third-order valence-electron chi connectivity index (χ3n) is 5.69. The first kappa shape index (κ1) is 18.2. The van der Waals surface area contributed by atoms with Gasteiger partial charge in [-0.3, -0.25) is 9.59 Å². The number of aryl methyl sites for hydroxylation is 2. The molecule has 0 saturated carbocycles. The van der Waals surface area contributed by atoms with Gasteiger partial charge in [-0.1, -0.05) is 12.1 Å². The van der Waals surface area contributed by atoms with Crippen LogP contribution in [-0.4, -0.2) is 34.8 Å². The lowest BCUT2D eigenvalue weighted by molar-refractivity contribution is -0.132. The fourth-order valence-corrected chi connectivity index (χ4v) is 4.74. The molecule has 1 aliphatic carbocycles. The van der Waals surface area contributed by atoms with Crippen molar-refractivity contribution in [3.05, 3.63) is 34.7 Å². The Morgan fingerprint density at radius 3 is 2.63 bits per heavy atom. The number of fused-ring (bicyclic) bond motifs is 1. The number of carbonyl (C=O) groups is 2. The Morgan fingerprint density at radius 1 is 1.15 bits per heavy atom. The van der Waals surface area contributed by atoms with Crippen LogP contribution in [0.25, 0.3) is 11.3 Å². The third-order valence-corrected chi connectivity index (χ3v) is 6.45. The van der Waals surface area contributed by atoms with Crippen molar-refractivity contribution in [1.82, 2.24) is 9.88 Å². The first-order valence-electron chi connectivity index (χ1n) is 9.74. The maximum absolute atomic E-state index is 12.5. The molecule has 0 atom stereocenters. The van der Waals surface area contributed by atoms with Gasteiger partial charge in [0.15, 0.2) is 5.13 Å². The number of hydrogen-bond acceptors (Lipinski definition) is 4. The number of nitrogens with zero attached hydrogens (tertiary/aromatic N) is 2. The van der Waals surface area contributed by atoms with Crippen LogP contribution in [0.5, 0.6) is 0 Å². The predicted octanol–water partition coefficient (Wildman–Crippen LogP) is 3.89. The number of thiazole rings is 1. The zero-order valence-corrected chi connectivity index (χ0v) is 16.5. The minimum absolute atomic E-state index is 0.0181. The Balaban J connectivity index is 1.40. The number of aromatic nitrogens is 1. The van der Waals surface area contributed by atoms with Crippen molar-refractivity contribution in [2.45, 2.75) is 45.4 Å². The minimum Gasteiger partial charge on any atom is -0.343 e. The van der Waals surface area contributed by atoms with E-state index in [1.54, 1.807) is 11.8 Å². The fraction of sp³-hybridized carbons (Fsp3) is 0.476. The van der Waals surface area contributed by atoms with Crippen molar-refractivity contribution >= 4 is 28.3 Å². The van der Waals surface area contributed by atoms with Crippen molar-refractivity contribution < 1.29 is 9.59 Å². The molecule has 0 radical (unpaired) electrons. The smallest absolute Gasteiger partial charge is 0.229 e. The standard InChI is InChI=1S/C21H25N3O2S/c1-14(25)24-10-8-16(9-11-24)20(26)23-21-22-19(13-27-21)18-7-6-15-4-2-3-5-17(15)12-18/h6-7,12-13,16H,2-5,8-11H2,1H3,(H,22,23,26). The molecular formula is C21H25N3O2S. The number of hydrogen-bond donors (Lipinski definition) is 1. The first-order chi connectivity index (χ1) is 13.1. The van der Waals surface area contributed by atoms with Crippen LogP contribution in [0.2, 0.25) is 0 Å².